The molecule has 0 saturated carbocycles. The molecule has 3 atom stereocenters. The lowest BCUT2D eigenvalue weighted by Gasteiger charge is -2.41. The highest BCUT2D eigenvalue weighted by Gasteiger charge is 2.40. The second-order valence-electron chi connectivity index (χ2n) is 8.36. The van der Waals surface area contributed by atoms with Crippen LogP contribution in [0.2, 0.25) is 0 Å². The van der Waals surface area contributed by atoms with Crippen molar-refractivity contribution in [2.24, 2.45) is 5.92 Å². The average Bonchev–Trinajstić information content (AvgIpc) is 2.82. The van der Waals surface area contributed by atoms with Gasteiger partial charge in [-0.1, -0.05) is 36.4 Å². The molecule has 0 bridgehead atoms. The number of rotatable bonds is 8. The molecule has 3 rings (SSSR count). The van der Waals surface area contributed by atoms with Crippen LogP contribution in [0.5, 0.6) is 0 Å². The highest BCUT2D eigenvalue weighted by atomic mass is 19.4. The molecule has 0 spiro atoms. The van der Waals surface area contributed by atoms with Gasteiger partial charge < -0.3 is 14.8 Å². The Bertz CT molecular complexity index is 925. The Labute approximate surface area is 191 Å². The minimum absolute atomic E-state index is 0.0406. The van der Waals surface area contributed by atoms with Gasteiger partial charge in [0.1, 0.15) is 6.67 Å². The van der Waals surface area contributed by atoms with E-state index in [4.69, 9.17) is 9.47 Å². The standard InChI is InChI=1S/C25H29F4NO3/c1-3-32-23(31)19-9-10-24(30-15-19,21-7-5-4-6-8-21)16-33-17(2)20-11-18(14-26)12-22(13-20)25(27,28)29/h4-8,11-13,17,19,30H,3,9-10,14-16H2,1-2H3/t17?,19?,24-/m1/s1. The quantitative estimate of drug-likeness (QED) is 0.399. The number of carbonyl (C=O) groups excluding carboxylic acids is 1. The van der Waals surface area contributed by atoms with E-state index in [0.29, 0.717) is 26.0 Å². The van der Waals surface area contributed by atoms with Crippen LogP contribution in [0.1, 0.15) is 55.0 Å². The van der Waals surface area contributed by atoms with E-state index in [1.807, 2.05) is 30.3 Å². The van der Waals surface area contributed by atoms with Gasteiger partial charge in [0.15, 0.2) is 0 Å². The smallest absolute Gasteiger partial charge is 0.416 e. The molecular weight excluding hydrogens is 438 g/mol. The minimum atomic E-state index is -4.57. The lowest BCUT2D eigenvalue weighted by molar-refractivity contribution is -0.149. The van der Waals surface area contributed by atoms with Crippen LogP contribution in [0.4, 0.5) is 17.6 Å². The predicted octanol–water partition coefficient (Wildman–Crippen LogP) is 5.71. The summed E-state index contributed by atoms with van der Waals surface area (Å²) in [5, 5.41) is 3.44. The molecule has 1 saturated heterocycles. The van der Waals surface area contributed by atoms with E-state index in [9.17, 15) is 22.4 Å². The van der Waals surface area contributed by atoms with E-state index < -0.39 is 30.1 Å². The van der Waals surface area contributed by atoms with Gasteiger partial charge in [0.05, 0.1) is 36.3 Å². The topological polar surface area (TPSA) is 47.6 Å². The molecule has 33 heavy (non-hydrogen) atoms. The van der Waals surface area contributed by atoms with Crippen molar-refractivity contribution in [3.63, 3.8) is 0 Å². The summed E-state index contributed by atoms with van der Waals surface area (Å²) >= 11 is 0. The Hall–Kier alpha value is -2.45. The molecule has 8 heteroatoms. The first-order valence-electron chi connectivity index (χ1n) is 11.0. The number of nitrogens with one attached hydrogen (secondary N) is 1. The molecule has 1 fully saturated rings. The highest BCUT2D eigenvalue weighted by molar-refractivity contribution is 5.72. The van der Waals surface area contributed by atoms with Crippen LogP contribution in [0, 0.1) is 5.92 Å². The van der Waals surface area contributed by atoms with Crippen LogP contribution in [-0.2, 0) is 32.7 Å². The van der Waals surface area contributed by atoms with Crippen molar-refractivity contribution >= 4 is 5.97 Å². The maximum Gasteiger partial charge on any atom is 0.416 e. The molecule has 4 nitrogen and oxygen atoms in total. The number of ether oxygens (including phenoxy) is 2. The maximum absolute atomic E-state index is 13.3. The molecule has 2 unspecified atom stereocenters. The van der Waals surface area contributed by atoms with Gasteiger partial charge in [-0.25, -0.2) is 4.39 Å². The zero-order chi connectivity index (χ0) is 24.1. The van der Waals surface area contributed by atoms with Gasteiger partial charge in [-0.15, -0.1) is 0 Å². The summed E-state index contributed by atoms with van der Waals surface area (Å²) in [6.07, 6.45) is -4.08. The molecule has 0 radical (unpaired) electrons. The van der Waals surface area contributed by atoms with Crippen molar-refractivity contribution < 1.29 is 31.8 Å². The molecular formula is C25H29F4NO3. The Morgan fingerprint density at radius 3 is 2.52 bits per heavy atom. The number of hydrogen-bond acceptors (Lipinski definition) is 4. The minimum Gasteiger partial charge on any atom is -0.466 e. The van der Waals surface area contributed by atoms with Gasteiger partial charge in [0.2, 0.25) is 0 Å². The fourth-order valence-corrected chi connectivity index (χ4v) is 4.16. The van der Waals surface area contributed by atoms with Gasteiger partial charge in [-0.05, 0) is 55.5 Å². The lowest BCUT2D eigenvalue weighted by atomic mass is 9.79. The molecule has 1 aliphatic rings. The van der Waals surface area contributed by atoms with Crippen LogP contribution < -0.4 is 5.32 Å². The zero-order valence-electron chi connectivity index (χ0n) is 18.8. The van der Waals surface area contributed by atoms with Gasteiger partial charge in [-0.2, -0.15) is 13.2 Å². The van der Waals surface area contributed by atoms with Crippen molar-refractivity contribution in [3.05, 3.63) is 70.8 Å². The third kappa shape index (κ3) is 6.12. The average molecular weight is 468 g/mol. The van der Waals surface area contributed by atoms with E-state index in [0.717, 1.165) is 17.7 Å². The van der Waals surface area contributed by atoms with Gasteiger partial charge in [0.25, 0.3) is 0 Å². The fraction of sp³-hybridized carbons (Fsp3) is 0.480. The number of piperidine rings is 1. The number of alkyl halides is 4. The molecule has 1 aliphatic heterocycles. The van der Waals surface area contributed by atoms with Gasteiger partial charge >= 0.3 is 12.1 Å². The number of benzene rings is 2. The van der Waals surface area contributed by atoms with E-state index >= 15 is 0 Å². The summed E-state index contributed by atoms with van der Waals surface area (Å²) < 4.78 is 64.2. The van der Waals surface area contributed by atoms with E-state index in [2.05, 4.69) is 5.32 Å². The van der Waals surface area contributed by atoms with Crippen molar-refractivity contribution in [1.29, 1.82) is 0 Å². The number of hydrogen-bond donors (Lipinski definition) is 1. The monoisotopic (exact) mass is 467 g/mol. The second kappa shape index (κ2) is 10.7. The number of carbonyl (C=O) groups is 1. The van der Waals surface area contributed by atoms with Crippen LogP contribution in [0.3, 0.4) is 0 Å². The number of esters is 1. The molecule has 2 aromatic carbocycles. The zero-order valence-corrected chi connectivity index (χ0v) is 18.8. The fourth-order valence-electron chi connectivity index (χ4n) is 4.16. The number of halogens is 4. The molecule has 0 aromatic heterocycles. The van der Waals surface area contributed by atoms with Crippen molar-refractivity contribution in [2.75, 3.05) is 19.8 Å². The largest absolute Gasteiger partial charge is 0.466 e. The first-order chi connectivity index (χ1) is 15.7. The predicted molar refractivity (Wildman–Crippen MR) is 116 cm³/mol. The summed E-state index contributed by atoms with van der Waals surface area (Å²) in [4.78, 5) is 12.2. The molecule has 0 amide bonds. The Morgan fingerprint density at radius 2 is 1.94 bits per heavy atom. The van der Waals surface area contributed by atoms with Crippen LogP contribution >= 0.6 is 0 Å². The van der Waals surface area contributed by atoms with Crippen LogP contribution in [0.15, 0.2) is 48.5 Å². The van der Waals surface area contributed by atoms with Crippen molar-refractivity contribution in [3.8, 4) is 0 Å². The van der Waals surface area contributed by atoms with Crippen LogP contribution in [-0.4, -0.2) is 25.7 Å². The Kier molecular flexibility index (Phi) is 8.13. The van der Waals surface area contributed by atoms with Crippen molar-refractivity contribution in [1.82, 2.24) is 5.32 Å². The maximum atomic E-state index is 13.3. The molecule has 1 N–H and O–H groups in total. The van der Waals surface area contributed by atoms with E-state index in [1.165, 1.54) is 6.07 Å². The summed E-state index contributed by atoms with van der Waals surface area (Å²) in [7, 11) is 0. The molecule has 180 valence electrons. The van der Waals surface area contributed by atoms with E-state index in [1.54, 1.807) is 13.8 Å². The van der Waals surface area contributed by atoms with Crippen molar-refractivity contribution in [2.45, 2.75) is 51.2 Å². The first-order valence-corrected chi connectivity index (χ1v) is 11.0. The lowest BCUT2D eigenvalue weighted by Crippen LogP contribution is -2.53. The first kappa shape index (κ1) is 25.2. The summed E-state index contributed by atoms with van der Waals surface area (Å²) in [5.41, 5.74) is -0.313. The third-order valence-corrected chi connectivity index (χ3v) is 6.10. The van der Waals surface area contributed by atoms with Gasteiger partial charge in [-0.3, -0.25) is 4.79 Å². The molecule has 2 aromatic rings. The molecule has 1 heterocycles. The second-order valence-corrected chi connectivity index (χ2v) is 8.36. The summed E-state index contributed by atoms with van der Waals surface area (Å²) in [6, 6.07) is 12.8. The molecule has 0 aliphatic carbocycles. The summed E-state index contributed by atoms with van der Waals surface area (Å²) in [5.74, 6) is -0.515. The third-order valence-electron chi connectivity index (χ3n) is 6.10. The normalized spacial score (nSPS) is 22.1. The Morgan fingerprint density at radius 1 is 1.21 bits per heavy atom. The Balaban J connectivity index is 1.79. The van der Waals surface area contributed by atoms with Gasteiger partial charge in [0, 0.05) is 6.54 Å². The summed E-state index contributed by atoms with van der Waals surface area (Å²) in [6.45, 7) is 3.32. The SMILES string of the molecule is CCOC(=O)C1CC[C@@](COC(C)c2cc(CF)cc(C(F)(F)F)c2)(c2ccccc2)NC1. The van der Waals surface area contributed by atoms with Crippen LogP contribution in [0.25, 0.3) is 0 Å². The van der Waals surface area contributed by atoms with E-state index in [-0.39, 0.29) is 29.6 Å². The highest BCUT2D eigenvalue weighted by Crippen LogP contribution is 2.36.